The first-order valence-electron chi connectivity index (χ1n) is 6.70. The van der Waals surface area contributed by atoms with Gasteiger partial charge < -0.3 is 5.32 Å². The lowest BCUT2D eigenvalue weighted by Gasteiger charge is -2.35. The molecule has 1 N–H and O–H groups in total. The Labute approximate surface area is 96.0 Å². The second-order valence-electron chi connectivity index (χ2n) is 6.28. The van der Waals surface area contributed by atoms with Gasteiger partial charge in [0.1, 0.15) is 0 Å². The summed E-state index contributed by atoms with van der Waals surface area (Å²) in [6.07, 6.45) is 5.61. The lowest BCUT2D eigenvalue weighted by molar-refractivity contribution is 0.181. The van der Waals surface area contributed by atoms with Crippen molar-refractivity contribution in [3.05, 3.63) is 0 Å². The molecule has 0 bridgehead atoms. The van der Waals surface area contributed by atoms with Gasteiger partial charge in [0.05, 0.1) is 0 Å². The Morgan fingerprint density at radius 1 is 1.33 bits per heavy atom. The summed E-state index contributed by atoms with van der Waals surface area (Å²) in [4.78, 5) is 0. The van der Waals surface area contributed by atoms with Crippen LogP contribution < -0.4 is 5.32 Å². The number of nitrogens with one attached hydrogen (secondary N) is 1. The van der Waals surface area contributed by atoms with E-state index in [0.717, 1.165) is 24.4 Å². The molecule has 0 aliphatic heterocycles. The van der Waals surface area contributed by atoms with E-state index in [1.807, 2.05) is 0 Å². The Morgan fingerprint density at radius 3 is 2.40 bits per heavy atom. The molecule has 0 spiro atoms. The minimum atomic E-state index is 0.557. The molecule has 1 fully saturated rings. The first kappa shape index (κ1) is 13.0. The zero-order valence-electron chi connectivity index (χ0n) is 11.3. The Bertz CT molecular complexity index is 184. The summed E-state index contributed by atoms with van der Waals surface area (Å²) in [5.41, 5.74) is 0.557. The zero-order chi connectivity index (χ0) is 11.5. The maximum atomic E-state index is 3.71. The van der Waals surface area contributed by atoms with Gasteiger partial charge in [0.2, 0.25) is 0 Å². The molecule has 0 aromatic carbocycles. The summed E-state index contributed by atoms with van der Waals surface area (Å²) in [5, 5.41) is 3.71. The van der Waals surface area contributed by atoms with E-state index >= 15 is 0 Å². The van der Waals surface area contributed by atoms with Crippen molar-refractivity contribution in [2.75, 3.05) is 6.54 Å². The molecule has 1 aliphatic carbocycles. The van der Waals surface area contributed by atoms with Crippen LogP contribution in [0.1, 0.15) is 60.3 Å². The van der Waals surface area contributed by atoms with Crippen LogP contribution in [0.2, 0.25) is 0 Å². The van der Waals surface area contributed by atoms with Gasteiger partial charge in [-0.2, -0.15) is 0 Å². The van der Waals surface area contributed by atoms with Crippen molar-refractivity contribution in [3.63, 3.8) is 0 Å². The monoisotopic (exact) mass is 211 g/mol. The molecule has 0 saturated heterocycles. The van der Waals surface area contributed by atoms with Crippen molar-refractivity contribution in [2.24, 2.45) is 17.3 Å². The van der Waals surface area contributed by atoms with Crippen molar-refractivity contribution < 1.29 is 0 Å². The first-order chi connectivity index (χ1) is 6.97. The minimum Gasteiger partial charge on any atom is -0.314 e. The second kappa shape index (κ2) is 5.34. The van der Waals surface area contributed by atoms with Crippen LogP contribution in [0.3, 0.4) is 0 Å². The average molecular weight is 211 g/mol. The largest absolute Gasteiger partial charge is 0.314 e. The third-order valence-corrected chi connectivity index (χ3v) is 4.02. The van der Waals surface area contributed by atoms with E-state index in [1.54, 1.807) is 0 Å². The highest BCUT2D eigenvalue weighted by Crippen LogP contribution is 2.45. The third kappa shape index (κ3) is 3.48. The molecule has 0 aromatic heterocycles. The van der Waals surface area contributed by atoms with Crippen molar-refractivity contribution in [3.8, 4) is 0 Å². The molecule has 1 aliphatic rings. The minimum absolute atomic E-state index is 0.557. The fourth-order valence-corrected chi connectivity index (χ4v) is 3.26. The predicted octanol–water partition coefficient (Wildman–Crippen LogP) is 3.84. The van der Waals surface area contributed by atoms with Crippen LogP contribution in [0, 0.1) is 17.3 Å². The van der Waals surface area contributed by atoms with Gasteiger partial charge in [-0.05, 0) is 43.1 Å². The van der Waals surface area contributed by atoms with E-state index in [1.165, 1.54) is 25.7 Å². The van der Waals surface area contributed by atoms with Gasteiger partial charge in [-0.1, -0.05) is 41.0 Å². The maximum absolute atomic E-state index is 3.71. The Balaban J connectivity index is 2.62. The summed E-state index contributed by atoms with van der Waals surface area (Å²) < 4.78 is 0. The van der Waals surface area contributed by atoms with Gasteiger partial charge in [-0.15, -0.1) is 0 Å². The molecular weight excluding hydrogens is 182 g/mol. The van der Waals surface area contributed by atoms with Crippen LogP contribution in [0.15, 0.2) is 0 Å². The van der Waals surface area contributed by atoms with E-state index in [9.17, 15) is 0 Å². The summed E-state index contributed by atoms with van der Waals surface area (Å²) in [7, 11) is 0. The fraction of sp³-hybridized carbons (Fsp3) is 1.00. The Morgan fingerprint density at radius 2 is 2.00 bits per heavy atom. The molecule has 1 rings (SSSR count). The van der Waals surface area contributed by atoms with E-state index < -0.39 is 0 Å². The molecule has 0 aromatic rings. The van der Waals surface area contributed by atoms with E-state index in [4.69, 9.17) is 0 Å². The van der Waals surface area contributed by atoms with Crippen LogP contribution in [0.25, 0.3) is 0 Å². The lowest BCUT2D eigenvalue weighted by Crippen LogP contribution is -2.41. The van der Waals surface area contributed by atoms with E-state index in [2.05, 4.69) is 39.9 Å². The van der Waals surface area contributed by atoms with Crippen LogP contribution in [0.4, 0.5) is 0 Å². The molecule has 1 saturated carbocycles. The van der Waals surface area contributed by atoms with E-state index in [0.29, 0.717) is 5.41 Å². The lowest BCUT2D eigenvalue weighted by atomic mass is 9.75. The highest BCUT2D eigenvalue weighted by molar-refractivity contribution is 4.92. The molecule has 0 radical (unpaired) electrons. The zero-order valence-corrected chi connectivity index (χ0v) is 11.3. The summed E-state index contributed by atoms with van der Waals surface area (Å²) in [6.45, 7) is 12.9. The summed E-state index contributed by atoms with van der Waals surface area (Å²) in [5.74, 6) is 1.70. The van der Waals surface area contributed by atoms with Crippen molar-refractivity contribution in [2.45, 2.75) is 66.3 Å². The molecule has 90 valence electrons. The fourth-order valence-electron chi connectivity index (χ4n) is 3.26. The highest BCUT2D eigenvalue weighted by atomic mass is 14.9. The van der Waals surface area contributed by atoms with Crippen LogP contribution in [-0.2, 0) is 0 Å². The number of hydrogen-bond acceptors (Lipinski definition) is 1. The number of rotatable bonds is 5. The average Bonchev–Trinajstić information content (AvgIpc) is 2.43. The van der Waals surface area contributed by atoms with Crippen LogP contribution in [0.5, 0.6) is 0 Å². The van der Waals surface area contributed by atoms with Crippen molar-refractivity contribution >= 4 is 0 Å². The topological polar surface area (TPSA) is 12.0 Å². The highest BCUT2D eigenvalue weighted by Gasteiger charge is 2.39. The molecule has 15 heavy (non-hydrogen) atoms. The van der Waals surface area contributed by atoms with Gasteiger partial charge >= 0.3 is 0 Å². The summed E-state index contributed by atoms with van der Waals surface area (Å²) in [6, 6.07) is 0.743. The Hall–Kier alpha value is -0.0400. The smallest absolute Gasteiger partial charge is 0.0103 e. The van der Waals surface area contributed by atoms with Crippen LogP contribution in [-0.4, -0.2) is 12.6 Å². The van der Waals surface area contributed by atoms with Gasteiger partial charge in [0, 0.05) is 6.04 Å². The summed E-state index contributed by atoms with van der Waals surface area (Å²) >= 11 is 0. The van der Waals surface area contributed by atoms with Gasteiger partial charge in [0.25, 0.3) is 0 Å². The first-order valence-corrected chi connectivity index (χ1v) is 6.70. The molecule has 0 amide bonds. The molecule has 1 heteroatoms. The standard InChI is InChI=1S/C14H29N/c1-6-15-13(10-11(2)3)12-8-7-9-14(12,4)5/h11-13,15H,6-10H2,1-5H3. The molecule has 1 nitrogen and oxygen atoms in total. The molecule has 2 unspecified atom stereocenters. The molecular formula is C14H29N. The van der Waals surface area contributed by atoms with Crippen LogP contribution >= 0.6 is 0 Å². The maximum Gasteiger partial charge on any atom is 0.0103 e. The predicted molar refractivity (Wildman–Crippen MR) is 68.0 cm³/mol. The van der Waals surface area contributed by atoms with Gasteiger partial charge in [0.15, 0.2) is 0 Å². The Kier molecular flexibility index (Phi) is 4.64. The second-order valence-corrected chi connectivity index (χ2v) is 6.28. The van der Waals surface area contributed by atoms with E-state index in [-0.39, 0.29) is 0 Å². The molecule has 0 heterocycles. The third-order valence-electron chi connectivity index (χ3n) is 4.02. The number of hydrogen-bond donors (Lipinski definition) is 1. The normalized spacial score (nSPS) is 27.2. The van der Waals surface area contributed by atoms with Gasteiger partial charge in [-0.25, -0.2) is 0 Å². The SMILES string of the molecule is CCNC(CC(C)C)C1CCCC1(C)C. The molecule has 2 atom stereocenters. The van der Waals surface area contributed by atoms with Gasteiger partial charge in [-0.3, -0.25) is 0 Å². The van der Waals surface area contributed by atoms with Crippen molar-refractivity contribution in [1.29, 1.82) is 0 Å². The quantitative estimate of drug-likeness (QED) is 0.728. The van der Waals surface area contributed by atoms with Crippen molar-refractivity contribution in [1.82, 2.24) is 5.32 Å².